The van der Waals surface area contributed by atoms with Crippen LogP contribution in [0, 0.1) is 0 Å². The zero-order valence-corrected chi connectivity index (χ0v) is 16.5. The zero-order chi connectivity index (χ0) is 22.0. The van der Waals surface area contributed by atoms with Crippen LogP contribution >= 0.6 is 11.3 Å². The maximum Gasteiger partial charge on any atom is 0.573 e. The van der Waals surface area contributed by atoms with Crippen LogP contribution in [0.1, 0.15) is 0 Å². The van der Waals surface area contributed by atoms with Gasteiger partial charge in [0.05, 0.1) is 11.7 Å². The number of halogens is 3. The molecule has 2 aromatic heterocycles. The lowest BCUT2D eigenvalue weighted by molar-refractivity contribution is -0.274. The van der Waals surface area contributed by atoms with Crippen LogP contribution in [0.4, 0.5) is 18.9 Å². The first-order chi connectivity index (χ1) is 14.8. The van der Waals surface area contributed by atoms with Gasteiger partial charge in [0.15, 0.2) is 0 Å². The quantitative estimate of drug-likeness (QED) is 0.485. The van der Waals surface area contributed by atoms with Gasteiger partial charge in [-0.15, -0.1) is 24.5 Å². The van der Waals surface area contributed by atoms with E-state index in [1.807, 2.05) is 35.7 Å². The molecular weight excluding hydrogens is 431 g/mol. The van der Waals surface area contributed by atoms with E-state index < -0.39 is 18.0 Å². The van der Waals surface area contributed by atoms with Crippen LogP contribution < -0.4 is 15.6 Å². The van der Waals surface area contributed by atoms with Gasteiger partial charge >= 0.3 is 6.36 Å². The number of anilines is 1. The summed E-state index contributed by atoms with van der Waals surface area (Å²) in [6.45, 7) is -0.299. The summed E-state index contributed by atoms with van der Waals surface area (Å²) in [6.07, 6.45) is -3.49. The largest absolute Gasteiger partial charge is 0.573 e. The monoisotopic (exact) mass is 445 g/mol. The second-order valence-corrected chi connectivity index (χ2v) is 7.35. The van der Waals surface area contributed by atoms with Gasteiger partial charge < -0.3 is 10.1 Å². The molecule has 0 saturated heterocycles. The number of rotatable bonds is 5. The molecule has 10 heteroatoms. The molecule has 0 saturated carbocycles. The van der Waals surface area contributed by atoms with E-state index in [9.17, 15) is 22.8 Å². The summed E-state index contributed by atoms with van der Waals surface area (Å²) in [5.74, 6) is -0.925. The molecule has 158 valence electrons. The Morgan fingerprint density at radius 3 is 2.48 bits per heavy atom. The van der Waals surface area contributed by atoms with Crippen molar-refractivity contribution in [2.75, 3.05) is 5.32 Å². The van der Waals surface area contributed by atoms with Gasteiger partial charge in [-0.25, -0.2) is 4.98 Å². The Morgan fingerprint density at radius 1 is 1.10 bits per heavy atom. The van der Waals surface area contributed by atoms with Crippen LogP contribution in [0.2, 0.25) is 0 Å². The highest BCUT2D eigenvalue weighted by Gasteiger charge is 2.31. The van der Waals surface area contributed by atoms with Gasteiger partial charge in [-0.2, -0.15) is 0 Å². The number of thiophene rings is 1. The van der Waals surface area contributed by atoms with Gasteiger partial charge in [-0.1, -0.05) is 30.3 Å². The van der Waals surface area contributed by atoms with E-state index in [1.54, 1.807) is 0 Å². The van der Waals surface area contributed by atoms with E-state index >= 15 is 0 Å². The molecule has 31 heavy (non-hydrogen) atoms. The molecule has 0 aliphatic heterocycles. The normalized spacial score (nSPS) is 11.5. The standard InChI is InChI=1S/C21H14F3N3O3S/c22-21(23,24)30-15-8-6-14(7-9-15)26-17(28)10-27-12-25-19-18(20(27)29)16(11-31-19)13-4-2-1-3-5-13/h1-9,11-12H,10H2,(H,26,28). The lowest BCUT2D eigenvalue weighted by Gasteiger charge is -2.10. The number of hydrogen-bond acceptors (Lipinski definition) is 5. The lowest BCUT2D eigenvalue weighted by atomic mass is 10.1. The number of carbonyl (C=O) groups excluding carboxylic acids is 1. The van der Waals surface area contributed by atoms with Crippen LogP contribution in [-0.4, -0.2) is 21.8 Å². The van der Waals surface area contributed by atoms with Crippen molar-refractivity contribution in [2.24, 2.45) is 0 Å². The van der Waals surface area contributed by atoms with Crippen molar-refractivity contribution in [3.8, 4) is 16.9 Å². The molecule has 0 unspecified atom stereocenters. The molecule has 0 spiro atoms. The van der Waals surface area contributed by atoms with E-state index in [4.69, 9.17) is 0 Å². The molecule has 0 aliphatic carbocycles. The van der Waals surface area contributed by atoms with Crippen LogP contribution in [-0.2, 0) is 11.3 Å². The molecule has 6 nitrogen and oxygen atoms in total. The second kappa shape index (κ2) is 8.23. The number of aromatic nitrogens is 2. The maximum absolute atomic E-state index is 13.0. The fourth-order valence-corrected chi connectivity index (χ4v) is 3.91. The number of alkyl halides is 3. The summed E-state index contributed by atoms with van der Waals surface area (Å²) < 4.78 is 41.7. The Bertz CT molecular complexity index is 1280. The highest BCUT2D eigenvalue weighted by molar-refractivity contribution is 7.17. The number of benzene rings is 2. The highest BCUT2D eigenvalue weighted by Crippen LogP contribution is 2.30. The number of hydrogen-bond donors (Lipinski definition) is 1. The first-order valence-electron chi connectivity index (χ1n) is 8.98. The number of fused-ring (bicyclic) bond motifs is 1. The SMILES string of the molecule is O=C(Cn1cnc2scc(-c3ccccc3)c2c1=O)Nc1ccc(OC(F)(F)F)cc1. The van der Waals surface area contributed by atoms with Crippen molar-refractivity contribution in [3.63, 3.8) is 0 Å². The van der Waals surface area contributed by atoms with E-state index in [-0.39, 0.29) is 17.8 Å². The third-order valence-electron chi connectivity index (χ3n) is 4.33. The third kappa shape index (κ3) is 4.75. The van der Waals surface area contributed by atoms with E-state index in [0.29, 0.717) is 10.2 Å². The van der Waals surface area contributed by atoms with Crippen molar-refractivity contribution in [2.45, 2.75) is 12.9 Å². The molecule has 1 N–H and O–H groups in total. The first-order valence-corrected chi connectivity index (χ1v) is 9.86. The van der Waals surface area contributed by atoms with Crippen LogP contribution in [0.5, 0.6) is 5.75 Å². The molecule has 2 aromatic carbocycles. The fraction of sp³-hybridized carbons (Fsp3) is 0.0952. The molecule has 0 aliphatic rings. The van der Waals surface area contributed by atoms with Gasteiger partial charge in [0.2, 0.25) is 5.91 Å². The molecule has 0 atom stereocenters. The Hall–Kier alpha value is -3.66. The number of nitrogens with zero attached hydrogens (tertiary/aromatic N) is 2. The average Bonchev–Trinajstić information content (AvgIpc) is 3.16. The van der Waals surface area contributed by atoms with Crippen molar-refractivity contribution >= 4 is 33.1 Å². The van der Waals surface area contributed by atoms with Crippen LogP contribution in [0.3, 0.4) is 0 Å². The molecule has 0 fully saturated rings. The summed E-state index contributed by atoms with van der Waals surface area (Å²) in [4.78, 5) is 30.2. The van der Waals surface area contributed by atoms with Gasteiger partial charge in [-0.3, -0.25) is 14.2 Å². The molecule has 1 amide bonds. The smallest absolute Gasteiger partial charge is 0.406 e. The summed E-state index contributed by atoms with van der Waals surface area (Å²) in [7, 11) is 0. The maximum atomic E-state index is 13.0. The Labute approximate surface area is 177 Å². The minimum absolute atomic E-state index is 0.266. The minimum atomic E-state index is -4.79. The van der Waals surface area contributed by atoms with Crippen molar-refractivity contribution in [1.82, 2.24) is 9.55 Å². The number of nitrogens with one attached hydrogen (secondary N) is 1. The van der Waals surface area contributed by atoms with Gasteiger partial charge in [0.1, 0.15) is 17.1 Å². The summed E-state index contributed by atoms with van der Waals surface area (Å²) >= 11 is 1.34. The molecule has 2 heterocycles. The van der Waals surface area contributed by atoms with Gasteiger partial charge in [0, 0.05) is 16.6 Å². The van der Waals surface area contributed by atoms with E-state index in [0.717, 1.165) is 23.3 Å². The van der Waals surface area contributed by atoms with E-state index in [1.165, 1.54) is 34.4 Å². The predicted molar refractivity (Wildman–Crippen MR) is 111 cm³/mol. The highest BCUT2D eigenvalue weighted by atomic mass is 32.1. The molecule has 4 rings (SSSR count). The summed E-state index contributed by atoms with van der Waals surface area (Å²) in [5, 5.41) is 4.82. The number of carbonyl (C=O) groups is 1. The first kappa shape index (κ1) is 20.6. The molecule has 0 bridgehead atoms. The molecule has 4 aromatic rings. The predicted octanol–water partition coefficient (Wildman–Crippen LogP) is 4.66. The van der Waals surface area contributed by atoms with Crippen LogP contribution in [0.25, 0.3) is 21.3 Å². The van der Waals surface area contributed by atoms with Crippen LogP contribution in [0.15, 0.2) is 71.1 Å². The van der Waals surface area contributed by atoms with E-state index in [2.05, 4.69) is 15.0 Å². The number of ether oxygens (including phenoxy) is 1. The summed E-state index contributed by atoms with van der Waals surface area (Å²) in [5.41, 5.74) is 1.53. The minimum Gasteiger partial charge on any atom is -0.406 e. The van der Waals surface area contributed by atoms with Gasteiger partial charge in [-0.05, 0) is 29.8 Å². The summed E-state index contributed by atoms with van der Waals surface area (Å²) in [6, 6.07) is 14.1. The second-order valence-electron chi connectivity index (χ2n) is 6.49. The molecule has 0 radical (unpaired) electrons. The lowest BCUT2D eigenvalue weighted by Crippen LogP contribution is -2.27. The topological polar surface area (TPSA) is 73.2 Å². The fourth-order valence-electron chi connectivity index (χ4n) is 3.01. The Kier molecular flexibility index (Phi) is 5.47. The Morgan fingerprint density at radius 2 is 1.81 bits per heavy atom. The van der Waals surface area contributed by atoms with Crippen molar-refractivity contribution < 1.29 is 22.7 Å². The molecular formula is C21H14F3N3O3S. The average molecular weight is 445 g/mol. The van der Waals surface area contributed by atoms with Crippen molar-refractivity contribution in [3.05, 3.63) is 76.7 Å². The Balaban J connectivity index is 1.53. The van der Waals surface area contributed by atoms with Gasteiger partial charge in [0.25, 0.3) is 5.56 Å². The number of amides is 1. The third-order valence-corrected chi connectivity index (χ3v) is 5.22. The van der Waals surface area contributed by atoms with Crippen molar-refractivity contribution in [1.29, 1.82) is 0 Å². The zero-order valence-electron chi connectivity index (χ0n) is 15.7.